The minimum atomic E-state index is -0.640. The van der Waals surface area contributed by atoms with Crippen LogP contribution in [0.5, 0.6) is 5.75 Å². The Hall–Kier alpha value is -4.22. The van der Waals surface area contributed by atoms with Gasteiger partial charge in [0.25, 0.3) is 0 Å². The van der Waals surface area contributed by atoms with Crippen molar-refractivity contribution in [2.24, 2.45) is 17.8 Å². The lowest BCUT2D eigenvalue weighted by molar-refractivity contribution is -0.0985. The molecule has 0 N–H and O–H groups in total. The van der Waals surface area contributed by atoms with Crippen molar-refractivity contribution in [1.29, 1.82) is 0 Å². The van der Waals surface area contributed by atoms with E-state index in [0.29, 0.717) is 17.9 Å². The van der Waals surface area contributed by atoms with Crippen LogP contribution in [0.2, 0.25) is 0 Å². The summed E-state index contributed by atoms with van der Waals surface area (Å²) < 4.78 is 8.83. The van der Waals surface area contributed by atoms with E-state index in [9.17, 15) is 0 Å². The molecule has 0 radical (unpaired) electrons. The summed E-state index contributed by atoms with van der Waals surface area (Å²) in [5, 5.41) is 5.04. The number of ether oxygens (including phenoxy) is 1. The summed E-state index contributed by atoms with van der Waals surface area (Å²) in [6, 6.07) is 34.1. The van der Waals surface area contributed by atoms with Gasteiger partial charge in [0.05, 0.1) is 12.4 Å². The van der Waals surface area contributed by atoms with Gasteiger partial charge >= 0.3 is 0 Å². The van der Waals surface area contributed by atoms with E-state index >= 15 is 0 Å². The van der Waals surface area contributed by atoms with Gasteiger partial charge in [0, 0.05) is 55.0 Å². The molecular formula is C36H34N4O. The smallest absolute Gasteiger partial charge is 0.138 e. The topological polar surface area (TPSA) is 43.2 Å². The zero-order chi connectivity index (χ0) is 27.2. The van der Waals surface area contributed by atoms with Crippen LogP contribution in [-0.4, -0.2) is 45.4 Å². The second-order valence-electron chi connectivity index (χ2n) is 12.0. The van der Waals surface area contributed by atoms with E-state index in [1.165, 1.54) is 32.5 Å². The number of hydrogen-bond donors (Lipinski definition) is 0. The molecule has 3 saturated heterocycles. The highest BCUT2D eigenvalue weighted by Gasteiger charge is 2.48. The average molecular weight is 539 g/mol. The van der Waals surface area contributed by atoms with Gasteiger partial charge in [-0.05, 0) is 41.5 Å². The molecule has 2 unspecified atom stereocenters. The normalized spacial score (nSPS) is 24.8. The van der Waals surface area contributed by atoms with E-state index in [2.05, 4.69) is 118 Å². The van der Waals surface area contributed by atoms with E-state index in [1.807, 2.05) is 18.6 Å². The second kappa shape index (κ2) is 10.0. The maximum atomic E-state index is 6.72. The molecule has 4 fully saturated rings. The van der Waals surface area contributed by atoms with Gasteiger partial charge in [-0.2, -0.15) is 5.10 Å². The summed E-state index contributed by atoms with van der Waals surface area (Å²) in [5.74, 6) is 3.00. The number of pyridine rings is 1. The lowest BCUT2D eigenvalue weighted by atomic mass is 9.66. The van der Waals surface area contributed by atoms with Crippen LogP contribution < -0.4 is 4.74 Å². The molecule has 5 aromatic rings. The minimum absolute atomic E-state index is 0.296. The van der Waals surface area contributed by atoms with Crippen LogP contribution in [0.1, 0.15) is 29.5 Å². The summed E-state index contributed by atoms with van der Waals surface area (Å²) in [5.41, 5.74) is 4.86. The number of rotatable bonds is 7. The molecule has 5 heteroatoms. The van der Waals surface area contributed by atoms with Gasteiger partial charge in [-0.3, -0.25) is 9.67 Å². The largest absolute Gasteiger partial charge is 0.488 e. The molecule has 4 bridgehead atoms. The molecule has 4 aliphatic rings. The predicted octanol–water partition coefficient (Wildman–Crippen LogP) is 6.50. The predicted molar refractivity (Wildman–Crippen MR) is 161 cm³/mol. The Morgan fingerprint density at radius 1 is 0.659 bits per heavy atom. The Balaban J connectivity index is 1.19. The van der Waals surface area contributed by atoms with E-state index in [4.69, 9.17) is 9.84 Å². The molecular weight excluding hydrogens is 504 g/mol. The molecule has 3 aromatic carbocycles. The number of piperidine rings is 3. The molecule has 2 aromatic heterocycles. The number of benzene rings is 3. The van der Waals surface area contributed by atoms with E-state index in [1.54, 1.807) is 0 Å². The van der Waals surface area contributed by atoms with E-state index in [-0.39, 0.29) is 0 Å². The Bertz CT molecular complexity index is 1510. The van der Waals surface area contributed by atoms with Crippen LogP contribution in [-0.2, 0) is 5.54 Å². The highest BCUT2D eigenvalue weighted by atomic mass is 16.5. The molecule has 0 amide bonds. The van der Waals surface area contributed by atoms with Gasteiger partial charge in [0.15, 0.2) is 0 Å². The first-order valence-electron chi connectivity index (χ1n) is 14.8. The zero-order valence-electron chi connectivity index (χ0n) is 23.1. The van der Waals surface area contributed by atoms with Crippen LogP contribution in [0.15, 0.2) is 122 Å². The molecule has 204 valence electrons. The summed E-state index contributed by atoms with van der Waals surface area (Å²) in [4.78, 5) is 7.26. The molecule has 0 spiro atoms. The molecule has 5 heterocycles. The fourth-order valence-corrected chi connectivity index (χ4v) is 7.94. The second-order valence-corrected chi connectivity index (χ2v) is 12.0. The van der Waals surface area contributed by atoms with Crippen molar-refractivity contribution < 1.29 is 4.74 Å². The third kappa shape index (κ3) is 4.18. The van der Waals surface area contributed by atoms with Crippen molar-refractivity contribution in [2.75, 3.05) is 19.6 Å². The monoisotopic (exact) mass is 538 g/mol. The lowest BCUT2D eigenvalue weighted by Crippen LogP contribution is -2.61. The third-order valence-corrected chi connectivity index (χ3v) is 9.52. The Morgan fingerprint density at radius 3 is 1.80 bits per heavy atom. The summed E-state index contributed by atoms with van der Waals surface area (Å²) in [6.45, 7) is 3.65. The van der Waals surface area contributed by atoms with Gasteiger partial charge < -0.3 is 9.64 Å². The summed E-state index contributed by atoms with van der Waals surface area (Å²) >= 11 is 0. The van der Waals surface area contributed by atoms with Crippen LogP contribution in [0.4, 0.5) is 0 Å². The average Bonchev–Trinajstić information content (AvgIpc) is 3.52. The first kappa shape index (κ1) is 24.6. The van der Waals surface area contributed by atoms with Crippen molar-refractivity contribution in [2.45, 2.75) is 24.5 Å². The van der Waals surface area contributed by atoms with Crippen molar-refractivity contribution in [1.82, 2.24) is 19.7 Å². The minimum Gasteiger partial charge on any atom is -0.488 e. The maximum absolute atomic E-state index is 6.72. The van der Waals surface area contributed by atoms with Crippen molar-refractivity contribution in [3.8, 4) is 16.9 Å². The third-order valence-electron chi connectivity index (χ3n) is 9.52. The van der Waals surface area contributed by atoms with Crippen LogP contribution in [0.25, 0.3) is 11.1 Å². The first-order valence-corrected chi connectivity index (χ1v) is 14.8. The highest BCUT2D eigenvalue weighted by molar-refractivity contribution is 5.63. The van der Waals surface area contributed by atoms with Gasteiger partial charge in [0.2, 0.25) is 0 Å². The maximum Gasteiger partial charge on any atom is 0.138 e. The fraction of sp³-hybridized carbons (Fsp3) is 0.278. The van der Waals surface area contributed by atoms with Crippen molar-refractivity contribution in [3.63, 3.8) is 0 Å². The first-order chi connectivity index (χ1) is 20.3. The molecule has 9 rings (SSSR count). The molecule has 2 atom stereocenters. The lowest BCUT2D eigenvalue weighted by Gasteiger charge is -2.55. The quantitative estimate of drug-likeness (QED) is 0.222. The summed E-state index contributed by atoms with van der Waals surface area (Å²) in [7, 11) is 0. The van der Waals surface area contributed by atoms with Gasteiger partial charge in [-0.1, -0.05) is 91.0 Å². The Morgan fingerprint density at radius 2 is 1.24 bits per heavy atom. The SMILES string of the molecule is c1ccc(C(c2ccccc2)(c2ccccc2)n2cc(-c3cncc(OC4C5CC6CC4CN(C6)C5)c3)cn2)cc1. The van der Waals surface area contributed by atoms with Gasteiger partial charge in [0.1, 0.15) is 17.4 Å². The molecule has 1 saturated carbocycles. The highest BCUT2D eigenvalue weighted by Crippen LogP contribution is 2.45. The van der Waals surface area contributed by atoms with E-state index < -0.39 is 5.54 Å². The van der Waals surface area contributed by atoms with Crippen molar-refractivity contribution in [3.05, 3.63) is 139 Å². The fourth-order valence-electron chi connectivity index (χ4n) is 7.94. The number of aromatic nitrogens is 3. The van der Waals surface area contributed by atoms with Crippen LogP contribution in [0.3, 0.4) is 0 Å². The van der Waals surface area contributed by atoms with Gasteiger partial charge in [-0.15, -0.1) is 0 Å². The van der Waals surface area contributed by atoms with Crippen LogP contribution >= 0.6 is 0 Å². The molecule has 5 nitrogen and oxygen atoms in total. The standard InChI is InChI=1S/C36H34N4O/c1-4-10-31(11-5-1)36(32-12-6-2-7-13-32,33-14-8-3-9-15-33)40-25-30(20-38-40)27-18-34(21-37-19-27)41-35-28-16-26-17-29(35)24-39(22-26)23-28/h1-15,18-21,25-26,28-29,35H,16-17,22-24H2. The zero-order valence-corrected chi connectivity index (χ0v) is 23.1. The van der Waals surface area contributed by atoms with Crippen molar-refractivity contribution >= 4 is 0 Å². The Labute approximate surface area is 241 Å². The number of nitrogens with zero attached hydrogens (tertiary/aromatic N) is 4. The number of hydrogen-bond acceptors (Lipinski definition) is 4. The Kier molecular flexibility index (Phi) is 5.99. The molecule has 41 heavy (non-hydrogen) atoms. The van der Waals surface area contributed by atoms with Crippen LogP contribution in [0, 0.1) is 17.8 Å². The molecule has 1 aliphatic carbocycles. The van der Waals surface area contributed by atoms with E-state index in [0.717, 1.165) is 39.5 Å². The summed E-state index contributed by atoms with van der Waals surface area (Å²) in [6.07, 6.45) is 10.8. The van der Waals surface area contributed by atoms with Gasteiger partial charge in [-0.25, -0.2) is 0 Å². The molecule has 3 aliphatic heterocycles.